The fourth-order valence-corrected chi connectivity index (χ4v) is 2.29. The Balaban J connectivity index is 2.31. The SMILES string of the molecule is COC(=O)c1ccc(Cl)cc1NC(=O)c1cccs1. The first kappa shape index (κ1) is 13.6. The highest BCUT2D eigenvalue weighted by atomic mass is 35.5. The Hall–Kier alpha value is -1.85. The van der Waals surface area contributed by atoms with Crippen molar-refractivity contribution in [3.05, 3.63) is 51.2 Å². The Bertz CT molecular complexity index is 610. The van der Waals surface area contributed by atoms with Crippen molar-refractivity contribution in [2.45, 2.75) is 0 Å². The van der Waals surface area contributed by atoms with Crippen LogP contribution >= 0.6 is 22.9 Å². The van der Waals surface area contributed by atoms with Crippen molar-refractivity contribution in [1.29, 1.82) is 0 Å². The van der Waals surface area contributed by atoms with E-state index < -0.39 is 5.97 Å². The van der Waals surface area contributed by atoms with E-state index in [9.17, 15) is 9.59 Å². The zero-order chi connectivity index (χ0) is 13.8. The first-order valence-corrected chi connectivity index (χ1v) is 6.60. The molecule has 2 aromatic rings. The van der Waals surface area contributed by atoms with Crippen LogP contribution in [0.1, 0.15) is 20.0 Å². The highest BCUT2D eigenvalue weighted by molar-refractivity contribution is 7.12. The Kier molecular flexibility index (Phi) is 4.19. The molecule has 0 aliphatic rings. The molecule has 1 heterocycles. The highest BCUT2D eigenvalue weighted by Crippen LogP contribution is 2.23. The summed E-state index contributed by atoms with van der Waals surface area (Å²) >= 11 is 7.19. The van der Waals surface area contributed by atoms with Gasteiger partial charge < -0.3 is 10.1 Å². The molecule has 1 N–H and O–H groups in total. The van der Waals surface area contributed by atoms with E-state index in [1.165, 1.54) is 30.6 Å². The molecule has 0 radical (unpaired) electrons. The predicted octanol–water partition coefficient (Wildman–Crippen LogP) is 3.44. The second kappa shape index (κ2) is 5.86. The number of anilines is 1. The van der Waals surface area contributed by atoms with Gasteiger partial charge in [-0.1, -0.05) is 17.7 Å². The van der Waals surface area contributed by atoms with Crippen LogP contribution in [0.15, 0.2) is 35.7 Å². The zero-order valence-electron chi connectivity index (χ0n) is 9.98. The second-order valence-electron chi connectivity index (χ2n) is 3.61. The van der Waals surface area contributed by atoms with Gasteiger partial charge in [-0.3, -0.25) is 4.79 Å². The molecule has 4 nitrogen and oxygen atoms in total. The molecule has 1 aromatic heterocycles. The lowest BCUT2D eigenvalue weighted by Gasteiger charge is -2.09. The van der Waals surface area contributed by atoms with E-state index in [1.807, 2.05) is 0 Å². The van der Waals surface area contributed by atoms with Gasteiger partial charge in [-0.25, -0.2) is 4.79 Å². The van der Waals surface area contributed by atoms with Crippen molar-refractivity contribution >= 4 is 40.5 Å². The molecule has 1 amide bonds. The summed E-state index contributed by atoms with van der Waals surface area (Å²) < 4.78 is 4.66. The van der Waals surface area contributed by atoms with Crippen LogP contribution < -0.4 is 5.32 Å². The molecule has 0 fully saturated rings. The normalized spacial score (nSPS) is 10.0. The minimum Gasteiger partial charge on any atom is -0.465 e. The maximum absolute atomic E-state index is 12.0. The summed E-state index contributed by atoms with van der Waals surface area (Å²) in [7, 11) is 1.28. The van der Waals surface area contributed by atoms with Crippen molar-refractivity contribution in [2.75, 3.05) is 12.4 Å². The second-order valence-corrected chi connectivity index (χ2v) is 5.00. The molecule has 0 aliphatic carbocycles. The third-order valence-corrected chi connectivity index (χ3v) is 3.48. The van der Waals surface area contributed by atoms with Gasteiger partial charge in [-0.2, -0.15) is 0 Å². The minimum atomic E-state index is -0.529. The average Bonchev–Trinajstić information content (AvgIpc) is 2.92. The smallest absolute Gasteiger partial charge is 0.339 e. The number of ether oxygens (including phenoxy) is 1. The first-order chi connectivity index (χ1) is 9.11. The van der Waals surface area contributed by atoms with Gasteiger partial charge in [-0.05, 0) is 29.6 Å². The molecule has 1 aromatic carbocycles. The molecule has 0 unspecified atom stereocenters. The number of thiophene rings is 1. The average molecular weight is 296 g/mol. The summed E-state index contributed by atoms with van der Waals surface area (Å²) in [5, 5.41) is 4.88. The van der Waals surface area contributed by atoms with Crippen LogP contribution in [0.2, 0.25) is 5.02 Å². The molecule has 0 saturated carbocycles. The number of carbonyl (C=O) groups is 2. The fraction of sp³-hybridized carbons (Fsp3) is 0.0769. The van der Waals surface area contributed by atoms with Crippen LogP contribution in [-0.2, 0) is 4.74 Å². The van der Waals surface area contributed by atoms with Crippen molar-refractivity contribution in [1.82, 2.24) is 0 Å². The molecule has 98 valence electrons. The number of esters is 1. The molecule has 0 saturated heterocycles. The Morgan fingerprint density at radius 1 is 1.32 bits per heavy atom. The predicted molar refractivity (Wildman–Crippen MR) is 75.1 cm³/mol. The number of benzene rings is 1. The molecule has 19 heavy (non-hydrogen) atoms. The summed E-state index contributed by atoms with van der Waals surface area (Å²) in [5.74, 6) is -0.819. The standard InChI is InChI=1S/C13H10ClNO3S/c1-18-13(17)9-5-4-8(14)7-10(9)15-12(16)11-3-2-6-19-11/h2-7H,1H3,(H,15,16). The number of hydrogen-bond acceptors (Lipinski definition) is 4. The molecule has 2 rings (SSSR count). The quantitative estimate of drug-likeness (QED) is 0.883. The van der Waals surface area contributed by atoms with Gasteiger partial charge in [0.15, 0.2) is 0 Å². The van der Waals surface area contributed by atoms with Crippen molar-refractivity contribution in [3.8, 4) is 0 Å². The fourth-order valence-electron chi connectivity index (χ4n) is 1.50. The van der Waals surface area contributed by atoms with Crippen molar-refractivity contribution in [2.24, 2.45) is 0 Å². The summed E-state index contributed by atoms with van der Waals surface area (Å²) in [6.45, 7) is 0. The van der Waals surface area contributed by atoms with Gasteiger partial charge in [0.25, 0.3) is 5.91 Å². The maximum Gasteiger partial charge on any atom is 0.339 e. The maximum atomic E-state index is 12.0. The van der Waals surface area contributed by atoms with Gasteiger partial charge in [0.05, 0.1) is 23.2 Å². The van der Waals surface area contributed by atoms with Gasteiger partial charge in [0.1, 0.15) is 0 Å². The molecule has 0 bridgehead atoms. The van der Waals surface area contributed by atoms with Crippen LogP contribution in [0.3, 0.4) is 0 Å². The number of amides is 1. The Morgan fingerprint density at radius 2 is 2.11 bits per heavy atom. The first-order valence-electron chi connectivity index (χ1n) is 5.34. The number of carbonyl (C=O) groups excluding carboxylic acids is 2. The van der Waals surface area contributed by atoms with E-state index in [-0.39, 0.29) is 11.5 Å². The third kappa shape index (κ3) is 3.13. The van der Waals surface area contributed by atoms with Crippen LogP contribution in [0, 0.1) is 0 Å². The van der Waals surface area contributed by atoms with Gasteiger partial charge in [0, 0.05) is 5.02 Å². The molecule has 0 atom stereocenters. The molecule has 0 spiro atoms. The molecule has 6 heteroatoms. The lowest BCUT2D eigenvalue weighted by molar-refractivity contribution is 0.0602. The van der Waals surface area contributed by atoms with E-state index in [1.54, 1.807) is 23.6 Å². The zero-order valence-corrected chi connectivity index (χ0v) is 11.5. The van der Waals surface area contributed by atoms with Gasteiger partial charge in [-0.15, -0.1) is 11.3 Å². The summed E-state index contributed by atoms with van der Waals surface area (Å²) in [6, 6.07) is 8.06. The van der Waals surface area contributed by atoms with Crippen molar-refractivity contribution in [3.63, 3.8) is 0 Å². The molecular weight excluding hydrogens is 286 g/mol. The van der Waals surface area contributed by atoms with Crippen LogP contribution in [0.5, 0.6) is 0 Å². The monoisotopic (exact) mass is 295 g/mol. The topological polar surface area (TPSA) is 55.4 Å². The Morgan fingerprint density at radius 3 is 2.74 bits per heavy atom. The van der Waals surface area contributed by atoms with Gasteiger partial charge in [0.2, 0.25) is 0 Å². The summed E-state index contributed by atoms with van der Waals surface area (Å²) in [5.41, 5.74) is 0.592. The van der Waals surface area contributed by atoms with E-state index in [4.69, 9.17) is 11.6 Å². The number of nitrogens with one attached hydrogen (secondary N) is 1. The van der Waals surface area contributed by atoms with Crippen LogP contribution in [0.25, 0.3) is 0 Å². The minimum absolute atomic E-state index is 0.261. The van der Waals surface area contributed by atoms with E-state index in [0.717, 1.165) is 0 Å². The summed E-state index contributed by atoms with van der Waals surface area (Å²) in [4.78, 5) is 24.1. The van der Waals surface area contributed by atoms with Gasteiger partial charge >= 0.3 is 5.97 Å². The molecular formula is C13H10ClNO3S. The highest BCUT2D eigenvalue weighted by Gasteiger charge is 2.15. The largest absolute Gasteiger partial charge is 0.465 e. The van der Waals surface area contributed by atoms with Crippen LogP contribution in [-0.4, -0.2) is 19.0 Å². The van der Waals surface area contributed by atoms with E-state index >= 15 is 0 Å². The van der Waals surface area contributed by atoms with E-state index in [2.05, 4.69) is 10.1 Å². The Labute approximate surface area is 119 Å². The lowest BCUT2D eigenvalue weighted by atomic mass is 10.1. The van der Waals surface area contributed by atoms with Crippen molar-refractivity contribution < 1.29 is 14.3 Å². The third-order valence-electron chi connectivity index (χ3n) is 2.38. The number of hydrogen-bond donors (Lipinski definition) is 1. The lowest BCUT2D eigenvalue weighted by Crippen LogP contribution is -2.14. The number of rotatable bonds is 3. The molecule has 0 aliphatic heterocycles. The summed E-state index contributed by atoms with van der Waals surface area (Å²) in [6.07, 6.45) is 0. The number of methoxy groups -OCH3 is 1. The number of halogens is 1. The van der Waals surface area contributed by atoms with Crippen LogP contribution in [0.4, 0.5) is 5.69 Å². The van der Waals surface area contributed by atoms with E-state index in [0.29, 0.717) is 15.6 Å².